The lowest BCUT2D eigenvalue weighted by molar-refractivity contribution is -0.138. The SMILES string of the molecule is NC(Cc1ccc(N[SH](=O)=O)cc1)C(=O)O. The fraction of sp³-hybridized carbons (Fsp3) is 0.222. The first kappa shape index (κ1) is 12.5. The summed E-state index contributed by atoms with van der Waals surface area (Å²) in [5.74, 6) is -1.06. The van der Waals surface area contributed by atoms with Crippen molar-refractivity contribution in [1.82, 2.24) is 0 Å². The highest BCUT2D eigenvalue weighted by Gasteiger charge is 2.11. The predicted octanol–water partition coefficient (Wildman–Crippen LogP) is -0.421. The molecule has 0 aliphatic carbocycles. The number of benzene rings is 1. The number of rotatable bonds is 5. The van der Waals surface area contributed by atoms with E-state index in [0.717, 1.165) is 5.56 Å². The summed E-state index contributed by atoms with van der Waals surface area (Å²) in [6, 6.07) is 5.41. The van der Waals surface area contributed by atoms with Gasteiger partial charge in [0.15, 0.2) is 0 Å². The Hall–Kier alpha value is -1.60. The maximum Gasteiger partial charge on any atom is 0.320 e. The molecular weight excluding hydrogens is 232 g/mol. The number of thiol groups is 1. The van der Waals surface area contributed by atoms with Gasteiger partial charge in [0, 0.05) is 5.69 Å². The van der Waals surface area contributed by atoms with E-state index >= 15 is 0 Å². The van der Waals surface area contributed by atoms with Gasteiger partial charge in [-0.05, 0) is 24.1 Å². The van der Waals surface area contributed by atoms with Gasteiger partial charge in [-0.25, -0.2) is 8.42 Å². The Bertz CT molecular complexity index is 433. The van der Waals surface area contributed by atoms with Gasteiger partial charge in [-0.15, -0.1) is 0 Å². The molecule has 0 fully saturated rings. The lowest BCUT2D eigenvalue weighted by atomic mass is 10.1. The van der Waals surface area contributed by atoms with Crippen LogP contribution in [0.2, 0.25) is 0 Å². The minimum absolute atomic E-state index is 0.207. The minimum atomic E-state index is -2.68. The Morgan fingerprint density at radius 2 is 1.94 bits per heavy atom. The zero-order chi connectivity index (χ0) is 12.1. The molecule has 1 atom stereocenters. The van der Waals surface area contributed by atoms with Crippen molar-refractivity contribution in [2.45, 2.75) is 12.5 Å². The quantitative estimate of drug-likeness (QED) is 0.526. The first-order valence-corrected chi connectivity index (χ1v) is 5.65. The molecule has 4 N–H and O–H groups in total. The van der Waals surface area contributed by atoms with Gasteiger partial charge >= 0.3 is 5.97 Å². The van der Waals surface area contributed by atoms with Crippen molar-refractivity contribution in [2.24, 2.45) is 5.73 Å². The summed E-state index contributed by atoms with van der Waals surface area (Å²) in [6.07, 6.45) is 0.207. The molecule has 0 spiro atoms. The van der Waals surface area contributed by atoms with Crippen LogP contribution in [0.3, 0.4) is 0 Å². The number of aliphatic carboxylic acids is 1. The second-order valence-electron chi connectivity index (χ2n) is 3.21. The van der Waals surface area contributed by atoms with Crippen LogP contribution in [0.15, 0.2) is 24.3 Å². The maximum absolute atomic E-state index is 10.5. The molecule has 1 rings (SSSR count). The molecule has 0 aromatic heterocycles. The minimum Gasteiger partial charge on any atom is -0.480 e. The van der Waals surface area contributed by atoms with Gasteiger partial charge in [-0.2, -0.15) is 0 Å². The van der Waals surface area contributed by atoms with Crippen molar-refractivity contribution in [1.29, 1.82) is 0 Å². The molecular formula is C9H12N2O4S. The first-order chi connectivity index (χ1) is 7.49. The van der Waals surface area contributed by atoms with Crippen LogP contribution in [0.25, 0.3) is 0 Å². The summed E-state index contributed by atoms with van der Waals surface area (Å²) in [7, 11) is -2.68. The van der Waals surface area contributed by atoms with Crippen molar-refractivity contribution >= 4 is 22.5 Å². The van der Waals surface area contributed by atoms with Gasteiger partial charge in [0.25, 0.3) is 0 Å². The van der Waals surface area contributed by atoms with E-state index < -0.39 is 22.9 Å². The predicted molar refractivity (Wildman–Crippen MR) is 59.7 cm³/mol. The Labute approximate surface area is 94.2 Å². The zero-order valence-corrected chi connectivity index (χ0v) is 9.18. The van der Waals surface area contributed by atoms with E-state index in [1.165, 1.54) is 0 Å². The van der Waals surface area contributed by atoms with Crippen molar-refractivity contribution in [3.05, 3.63) is 29.8 Å². The molecule has 1 aromatic carbocycles. The van der Waals surface area contributed by atoms with E-state index in [-0.39, 0.29) is 6.42 Å². The number of anilines is 1. The molecule has 88 valence electrons. The molecule has 0 saturated carbocycles. The number of hydrogen-bond donors (Lipinski definition) is 4. The molecule has 0 radical (unpaired) electrons. The highest BCUT2D eigenvalue weighted by Crippen LogP contribution is 2.10. The van der Waals surface area contributed by atoms with Gasteiger partial charge in [0.05, 0.1) is 0 Å². The largest absolute Gasteiger partial charge is 0.480 e. The standard InChI is InChI=1S/C9H12N2O4S/c10-8(9(12)13)5-6-1-3-7(4-2-6)11-16(14)15/h1-4,8,16H,5,10H2,(H,12,13)(H,11,14,15). The van der Waals surface area contributed by atoms with Crippen molar-refractivity contribution < 1.29 is 18.3 Å². The van der Waals surface area contributed by atoms with Gasteiger partial charge in [-0.1, -0.05) is 12.1 Å². The van der Waals surface area contributed by atoms with Crippen molar-refractivity contribution in [2.75, 3.05) is 4.72 Å². The molecule has 0 amide bonds. The van der Waals surface area contributed by atoms with E-state index in [2.05, 4.69) is 4.72 Å². The lowest BCUT2D eigenvalue weighted by Crippen LogP contribution is -2.32. The molecule has 6 nitrogen and oxygen atoms in total. The number of carboxylic acids is 1. The molecule has 1 unspecified atom stereocenters. The summed E-state index contributed by atoms with van der Waals surface area (Å²) in [5.41, 5.74) is 6.53. The number of carboxylic acid groups (broad SMARTS) is 1. The normalized spacial score (nSPS) is 12.4. The fourth-order valence-electron chi connectivity index (χ4n) is 1.16. The molecule has 0 aliphatic rings. The maximum atomic E-state index is 10.5. The van der Waals surface area contributed by atoms with Crippen LogP contribution in [0.4, 0.5) is 5.69 Å². The van der Waals surface area contributed by atoms with Gasteiger partial charge < -0.3 is 10.8 Å². The van der Waals surface area contributed by atoms with Crippen LogP contribution in [0, 0.1) is 0 Å². The smallest absolute Gasteiger partial charge is 0.320 e. The Kier molecular flexibility index (Phi) is 4.27. The van der Waals surface area contributed by atoms with Crippen LogP contribution in [-0.4, -0.2) is 25.5 Å². The fourth-order valence-corrected chi connectivity index (χ4v) is 1.52. The van der Waals surface area contributed by atoms with Crippen molar-refractivity contribution in [3.8, 4) is 0 Å². The molecule has 16 heavy (non-hydrogen) atoms. The summed E-state index contributed by atoms with van der Waals surface area (Å²) < 4.78 is 22.9. The highest BCUT2D eigenvalue weighted by atomic mass is 32.2. The van der Waals surface area contributed by atoms with Crippen LogP contribution < -0.4 is 10.5 Å². The number of nitrogens with one attached hydrogen (secondary N) is 1. The van der Waals surface area contributed by atoms with E-state index in [1.807, 2.05) is 0 Å². The molecule has 0 aliphatic heterocycles. The number of nitrogens with two attached hydrogens (primary N) is 1. The number of hydrogen-bond acceptors (Lipinski definition) is 4. The van der Waals surface area contributed by atoms with Crippen LogP contribution in [0.5, 0.6) is 0 Å². The van der Waals surface area contributed by atoms with Gasteiger partial charge in [0.2, 0.25) is 10.9 Å². The Morgan fingerprint density at radius 3 is 2.38 bits per heavy atom. The third-order valence-corrected chi connectivity index (χ3v) is 2.39. The van der Waals surface area contributed by atoms with Crippen LogP contribution in [-0.2, 0) is 22.1 Å². The third kappa shape index (κ3) is 3.87. The van der Waals surface area contributed by atoms with E-state index in [4.69, 9.17) is 10.8 Å². The average Bonchev–Trinajstić information content (AvgIpc) is 2.20. The second-order valence-corrected chi connectivity index (χ2v) is 3.95. The summed E-state index contributed by atoms with van der Waals surface area (Å²) in [6.45, 7) is 0. The lowest BCUT2D eigenvalue weighted by Gasteiger charge is -2.06. The second kappa shape index (κ2) is 5.47. The zero-order valence-electron chi connectivity index (χ0n) is 8.29. The first-order valence-electron chi connectivity index (χ1n) is 4.47. The summed E-state index contributed by atoms with van der Waals surface area (Å²) >= 11 is 0. The molecule has 0 heterocycles. The molecule has 0 saturated heterocycles. The van der Waals surface area contributed by atoms with Gasteiger partial charge in [-0.3, -0.25) is 9.52 Å². The summed E-state index contributed by atoms with van der Waals surface area (Å²) in [4.78, 5) is 10.5. The topological polar surface area (TPSA) is 109 Å². The Balaban J connectivity index is 2.68. The van der Waals surface area contributed by atoms with Crippen LogP contribution >= 0.6 is 0 Å². The van der Waals surface area contributed by atoms with Crippen LogP contribution in [0.1, 0.15) is 5.56 Å². The molecule has 0 bridgehead atoms. The van der Waals surface area contributed by atoms with E-state index in [0.29, 0.717) is 5.69 Å². The molecule has 1 aromatic rings. The average molecular weight is 244 g/mol. The van der Waals surface area contributed by atoms with E-state index in [9.17, 15) is 13.2 Å². The molecule has 7 heteroatoms. The Morgan fingerprint density at radius 1 is 1.38 bits per heavy atom. The summed E-state index contributed by atoms with van der Waals surface area (Å²) in [5, 5.41) is 8.60. The highest BCUT2D eigenvalue weighted by molar-refractivity contribution is 7.73. The third-order valence-electron chi connectivity index (χ3n) is 1.95. The monoisotopic (exact) mass is 244 g/mol. The van der Waals surface area contributed by atoms with Gasteiger partial charge in [0.1, 0.15) is 6.04 Å². The van der Waals surface area contributed by atoms with E-state index in [1.54, 1.807) is 24.3 Å². The van der Waals surface area contributed by atoms with Crippen molar-refractivity contribution in [3.63, 3.8) is 0 Å². The number of carbonyl (C=O) groups is 1.